The molecule has 13 aromatic carbocycles. The molecule has 82 heavy (non-hydrogen) atoms. The van der Waals surface area contributed by atoms with Crippen molar-refractivity contribution in [2.24, 2.45) is 0 Å². The first-order chi connectivity index (χ1) is 40.7. The molecule has 0 bridgehead atoms. The predicted octanol–water partition coefficient (Wildman–Crippen LogP) is 19.7. The van der Waals surface area contributed by atoms with Gasteiger partial charge in [0.25, 0.3) is 0 Å². The molecule has 380 valence electrons. The zero-order valence-electron chi connectivity index (χ0n) is 44.2. The van der Waals surface area contributed by atoms with E-state index in [4.69, 9.17) is 9.97 Å². The molecule has 0 saturated heterocycles. The number of para-hydroxylation sites is 6. The SMILES string of the molecule is c1cc(-c2nc(-c3ccc4cc(-n5c6ccccc6c6cc(-n7c8ccccc8c8ccccc87)ccc65)ccc4c3)nc3c2ccc2ccccc23)cc(-n2c3ccccc3c3cc(-n4c5ccccc5c5ccccc54)ccc32)c1. The molecule has 6 nitrogen and oxygen atoms in total. The topological polar surface area (TPSA) is 45.5 Å². The van der Waals surface area contributed by atoms with Crippen molar-refractivity contribution in [3.05, 3.63) is 279 Å². The lowest BCUT2D eigenvalue weighted by atomic mass is 10.0. The van der Waals surface area contributed by atoms with E-state index < -0.39 is 0 Å². The molecule has 0 aliphatic rings. The fourth-order valence-electron chi connectivity index (χ4n) is 13.7. The molecule has 0 atom stereocenters. The van der Waals surface area contributed by atoms with Crippen molar-refractivity contribution in [1.82, 2.24) is 28.2 Å². The molecule has 18 rings (SSSR count). The third-order valence-corrected chi connectivity index (χ3v) is 17.3. The van der Waals surface area contributed by atoms with E-state index in [1.54, 1.807) is 0 Å². The second kappa shape index (κ2) is 17.2. The largest absolute Gasteiger partial charge is 0.309 e. The van der Waals surface area contributed by atoms with E-state index in [1.165, 1.54) is 70.7 Å². The van der Waals surface area contributed by atoms with Gasteiger partial charge in [-0.15, -0.1) is 0 Å². The van der Waals surface area contributed by atoms with Crippen LogP contribution < -0.4 is 0 Å². The van der Waals surface area contributed by atoms with Gasteiger partial charge in [-0.3, -0.25) is 0 Å². The molecular weight excluding hydrogens is 997 g/mol. The van der Waals surface area contributed by atoms with Crippen molar-refractivity contribution >= 4 is 120 Å². The van der Waals surface area contributed by atoms with Gasteiger partial charge in [-0.1, -0.05) is 170 Å². The number of hydrogen-bond acceptors (Lipinski definition) is 2. The Balaban J connectivity index is 0.757. The highest BCUT2D eigenvalue weighted by molar-refractivity contribution is 6.15. The van der Waals surface area contributed by atoms with Crippen molar-refractivity contribution in [1.29, 1.82) is 0 Å². The van der Waals surface area contributed by atoms with Gasteiger partial charge in [-0.2, -0.15) is 0 Å². The monoisotopic (exact) mass is 1040 g/mol. The molecule has 5 aromatic heterocycles. The first kappa shape index (κ1) is 44.9. The van der Waals surface area contributed by atoms with Crippen LogP contribution in [0.2, 0.25) is 0 Å². The van der Waals surface area contributed by atoms with Crippen molar-refractivity contribution in [2.75, 3.05) is 0 Å². The Morgan fingerprint density at radius 1 is 0.207 bits per heavy atom. The zero-order valence-corrected chi connectivity index (χ0v) is 44.2. The summed E-state index contributed by atoms with van der Waals surface area (Å²) in [7, 11) is 0. The minimum absolute atomic E-state index is 0.686. The highest BCUT2D eigenvalue weighted by Gasteiger charge is 2.21. The Morgan fingerprint density at radius 3 is 1.12 bits per heavy atom. The highest BCUT2D eigenvalue weighted by atomic mass is 15.0. The molecule has 18 aromatic rings. The molecule has 0 fully saturated rings. The van der Waals surface area contributed by atoms with Crippen LogP contribution in [0.3, 0.4) is 0 Å². The van der Waals surface area contributed by atoms with Crippen molar-refractivity contribution < 1.29 is 0 Å². The summed E-state index contributed by atoms with van der Waals surface area (Å²) < 4.78 is 9.63. The molecule has 0 radical (unpaired) electrons. The van der Waals surface area contributed by atoms with E-state index in [0.717, 1.165) is 88.6 Å². The van der Waals surface area contributed by atoms with Crippen molar-refractivity contribution in [2.45, 2.75) is 0 Å². The quantitative estimate of drug-likeness (QED) is 0.156. The standard InChI is InChI=1S/C76H46N6/c1-2-19-56-47(16-1)35-39-63-74(50-17-15-18-52(44-50)79-70-30-13-7-24-61(70)64-45-54(37-40-72(64)79)81-66-26-9-3-20-57(66)58-21-4-10-27-67(58)81)77-76(78-75(56)63)51-33-32-49-43-53(36-34-48(49)42-51)80-71-31-14-8-25-62(71)65-46-55(38-41-73(65)80)82-68-28-11-5-22-59(68)60-23-6-12-29-69(60)82/h1-46H. The van der Waals surface area contributed by atoms with Gasteiger partial charge in [-0.25, -0.2) is 9.97 Å². The molecule has 0 spiro atoms. The zero-order chi connectivity index (χ0) is 53.6. The second-order valence-electron chi connectivity index (χ2n) is 21.7. The average molecular weight is 1040 g/mol. The van der Waals surface area contributed by atoms with Gasteiger partial charge in [0.05, 0.1) is 55.3 Å². The molecular formula is C76H46N6. The first-order valence-electron chi connectivity index (χ1n) is 28.1. The summed E-state index contributed by atoms with van der Waals surface area (Å²) in [5.74, 6) is 0.686. The smallest absolute Gasteiger partial charge is 0.160 e. The van der Waals surface area contributed by atoms with E-state index in [9.17, 15) is 0 Å². The Bertz CT molecular complexity index is 5620. The number of benzene rings is 13. The Kier molecular flexibility index (Phi) is 9.41. The molecule has 0 aliphatic carbocycles. The van der Waals surface area contributed by atoms with Gasteiger partial charge >= 0.3 is 0 Å². The van der Waals surface area contributed by atoms with Crippen LogP contribution in [0.25, 0.3) is 165 Å². The van der Waals surface area contributed by atoms with E-state index in [0.29, 0.717) is 5.82 Å². The number of hydrogen-bond donors (Lipinski definition) is 0. The van der Waals surface area contributed by atoms with E-state index in [-0.39, 0.29) is 0 Å². The maximum Gasteiger partial charge on any atom is 0.160 e. The Hall–Kier alpha value is -11.1. The summed E-state index contributed by atoms with van der Waals surface area (Å²) >= 11 is 0. The Labute approximate surface area is 469 Å². The van der Waals surface area contributed by atoms with E-state index in [2.05, 4.69) is 297 Å². The molecule has 6 heteroatoms. The minimum atomic E-state index is 0.686. The van der Waals surface area contributed by atoms with Gasteiger partial charge in [0, 0.05) is 87.7 Å². The van der Waals surface area contributed by atoms with Crippen LogP contribution in [0.5, 0.6) is 0 Å². The van der Waals surface area contributed by atoms with Gasteiger partial charge < -0.3 is 18.3 Å². The normalized spacial score (nSPS) is 12.1. The number of fused-ring (bicyclic) bond motifs is 16. The molecule has 0 aliphatic heterocycles. The molecule has 5 heterocycles. The number of nitrogens with zero attached hydrogens (tertiary/aromatic N) is 6. The van der Waals surface area contributed by atoms with Crippen LogP contribution in [-0.4, -0.2) is 28.2 Å². The van der Waals surface area contributed by atoms with Gasteiger partial charge in [0.1, 0.15) is 0 Å². The van der Waals surface area contributed by atoms with Crippen LogP contribution in [-0.2, 0) is 0 Å². The van der Waals surface area contributed by atoms with Gasteiger partial charge in [0.2, 0.25) is 0 Å². The molecule has 0 amide bonds. The molecule has 0 N–H and O–H groups in total. The van der Waals surface area contributed by atoms with Crippen molar-refractivity contribution in [3.8, 4) is 45.4 Å². The highest BCUT2D eigenvalue weighted by Crippen LogP contribution is 2.42. The molecule has 0 unspecified atom stereocenters. The predicted molar refractivity (Wildman–Crippen MR) is 343 cm³/mol. The summed E-state index contributed by atoms with van der Waals surface area (Å²) in [6.45, 7) is 0. The van der Waals surface area contributed by atoms with Gasteiger partial charge in [0.15, 0.2) is 5.82 Å². The second-order valence-corrected chi connectivity index (χ2v) is 21.7. The summed E-state index contributed by atoms with van der Waals surface area (Å²) in [5, 5.41) is 15.4. The average Bonchev–Trinajstić information content (AvgIpc) is 3.60. The molecule has 0 saturated carbocycles. The van der Waals surface area contributed by atoms with Crippen molar-refractivity contribution in [3.63, 3.8) is 0 Å². The third-order valence-electron chi connectivity index (χ3n) is 17.3. The van der Waals surface area contributed by atoms with Crippen LogP contribution in [0.4, 0.5) is 0 Å². The lowest BCUT2D eigenvalue weighted by molar-refractivity contribution is 1.16. The maximum atomic E-state index is 5.55. The van der Waals surface area contributed by atoms with E-state index >= 15 is 0 Å². The summed E-state index contributed by atoms with van der Waals surface area (Å²) in [6.07, 6.45) is 0. The number of aromatic nitrogens is 6. The fraction of sp³-hybridized carbons (Fsp3) is 0. The summed E-state index contributed by atoms with van der Waals surface area (Å²) in [4.78, 5) is 11.0. The summed E-state index contributed by atoms with van der Waals surface area (Å²) in [5.41, 5.74) is 17.7. The lowest BCUT2D eigenvalue weighted by Gasteiger charge is -2.14. The van der Waals surface area contributed by atoms with Crippen LogP contribution in [0, 0.1) is 0 Å². The fourth-order valence-corrected chi connectivity index (χ4v) is 13.7. The minimum Gasteiger partial charge on any atom is -0.309 e. The van der Waals surface area contributed by atoms with Gasteiger partial charge in [-0.05, 0) is 125 Å². The first-order valence-corrected chi connectivity index (χ1v) is 28.1. The summed E-state index contributed by atoms with van der Waals surface area (Å²) in [6, 6.07) is 102. The lowest BCUT2D eigenvalue weighted by Crippen LogP contribution is -1.98. The maximum absolute atomic E-state index is 5.55. The van der Waals surface area contributed by atoms with Crippen LogP contribution in [0.1, 0.15) is 0 Å². The van der Waals surface area contributed by atoms with Crippen LogP contribution in [0.15, 0.2) is 279 Å². The Morgan fingerprint density at radius 2 is 0.598 bits per heavy atom. The van der Waals surface area contributed by atoms with Crippen LogP contribution >= 0.6 is 0 Å². The van der Waals surface area contributed by atoms with E-state index in [1.807, 2.05) is 0 Å². The third kappa shape index (κ3) is 6.51. The number of rotatable bonds is 6.